The molecule has 200 valence electrons. The highest BCUT2D eigenvalue weighted by Gasteiger charge is 2.34. The van der Waals surface area contributed by atoms with Crippen LogP contribution in [0.2, 0.25) is 5.02 Å². The fourth-order valence-electron chi connectivity index (χ4n) is 5.17. The highest BCUT2D eigenvalue weighted by Crippen LogP contribution is 2.34. The molecule has 1 unspecified atom stereocenters. The number of rotatable bonds is 7. The molecule has 4 aromatic rings. The zero-order valence-electron chi connectivity index (χ0n) is 21.2. The van der Waals surface area contributed by atoms with Crippen molar-refractivity contribution in [1.29, 1.82) is 0 Å². The van der Waals surface area contributed by atoms with Gasteiger partial charge in [-0.1, -0.05) is 29.8 Å². The number of carbonyl (C=O) groups excluding carboxylic acids is 2. The summed E-state index contributed by atoms with van der Waals surface area (Å²) in [6.07, 6.45) is 10.4. The Morgan fingerprint density at radius 2 is 1.87 bits per heavy atom. The van der Waals surface area contributed by atoms with Gasteiger partial charge in [0.25, 0.3) is 11.8 Å². The Hall–Kier alpha value is -4.12. The lowest BCUT2D eigenvalue weighted by Crippen LogP contribution is -2.39. The lowest BCUT2D eigenvalue weighted by atomic mass is 10.1. The fourth-order valence-corrected chi connectivity index (χ4v) is 5.33. The second-order valence-electron chi connectivity index (χ2n) is 9.70. The lowest BCUT2D eigenvalue weighted by Gasteiger charge is -2.22. The summed E-state index contributed by atoms with van der Waals surface area (Å²) in [6, 6.07) is 12.4. The molecule has 2 aromatic carbocycles. The van der Waals surface area contributed by atoms with E-state index in [1.807, 2.05) is 46.0 Å². The lowest BCUT2D eigenvalue weighted by molar-refractivity contribution is -0.0394. The molecule has 0 spiro atoms. The predicted octanol–water partition coefficient (Wildman–Crippen LogP) is 4.04. The van der Waals surface area contributed by atoms with Gasteiger partial charge in [-0.25, -0.2) is 10.5 Å². The van der Waals surface area contributed by atoms with Gasteiger partial charge in [-0.05, 0) is 43.5 Å². The third-order valence-corrected chi connectivity index (χ3v) is 7.40. The first-order valence-electron chi connectivity index (χ1n) is 12.8. The standard InChI is InChI=1S/C28H28ClN7O3/c29-19-8-9-20-23(18-14-32-36(15-18)26-7-3-4-12-39-26)16-35(24(20)13-19)25(30)17-33(31)10-11-34-27(37)21-5-1-2-6-22(21)28(34)38/h1-2,5-6,8-9,13-17,26H,3-4,7,10-12,30-31H2/b25-17+. The van der Waals surface area contributed by atoms with Gasteiger partial charge in [0, 0.05) is 47.1 Å². The summed E-state index contributed by atoms with van der Waals surface area (Å²) in [5, 5.41) is 7.45. The van der Waals surface area contributed by atoms with Crippen LogP contribution >= 0.6 is 11.6 Å². The minimum Gasteiger partial charge on any atom is -0.384 e. The first-order chi connectivity index (χ1) is 18.9. The smallest absolute Gasteiger partial charge is 0.261 e. The molecule has 1 saturated heterocycles. The normalized spacial score (nSPS) is 17.7. The van der Waals surface area contributed by atoms with Crippen LogP contribution in [0.5, 0.6) is 0 Å². The van der Waals surface area contributed by atoms with Gasteiger partial charge in [-0.2, -0.15) is 5.10 Å². The molecule has 0 aliphatic carbocycles. The van der Waals surface area contributed by atoms with E-state index >= 15 is 0 Å². The Kier molecular flexibility index (Phi) is 6.59. The van der Waals surface area contributed by atoms with Gasteiger partial charge in [-0.3, -0.25) is 14.5 Å². The van der Waals surface area contributed by atoms with Gasteiger partial charge in [-0.15, -0.1) is 0 Å². The average molecular weight is 546 g/mol. The summed E-state index contributed by atoms with van der Waals surface area (Å²) in [5.41, 5.74) is 9.99. The van der Waals surface area contributed by atoms with Crippen molar-refractivity contribution < 1.29 is 14.3 Å². The van der Waals surface area contributed by atoms with Crippen molar-refractivity contribution in [2.75, 3.05) is 19.7 Å². The maximum Gasteiger partial charge on any atom is 0.261 e. The highest BCUT2D eigenvalue weighted by molar-refractivity contribution is 6.31. The van der Waals surface area contributed by atoms with Gasteiger partial charge >= 0.3 is 0 Å². The Bertz CT molecular complexity index is 1570. The number of hydrogen-bond donors (Lipinski definition) is 2. The van der Waals surface area contributed by atoms with Gasteiger partial charge < -0.3 is 20.0 Å². The SMILES string of the molecule is N/C(=C\N(N)CCN1C(=O)c2ccccc2C1=O)n1cc(-c2cnn(C3CCCCO3)c2)c2ccc(Cl)cc21. The molecule has 1 fully saturated rings. The van der Waals surface area contributed by atoms with Crippen LogP contribution in [-0.4, -0.2) is 55.8 Å². The van der Waals surface area contributed by atoms with Crippen molar-refractivity contribution in [3.05, 3.63) is 83.4 Å². The van der Waals surface area contributed by atoms with Gasteiger partial charge in [0.2, 0.25) is 0 Å². The van der Waals surface area contributed by atoms with Gasteiger partial charge in [0.05, 0.1) is 35.6 Å². The van der Waals surface area contributed by atoms with E-state index in [9.17, 15) is 9.59 Å². The van der Waals surface area contributed by atoms with E-state index < -0.39 is 0 Å². The molecule has 39 heavy (non-hydrogen) atoms. The zero-order valence-corrected chi connectivity index (χ0v) is 21.9. The predicted molar refractivity (Wildman–Crippen MR) is 148 cm³/mol. The number of fused-ring (bicyclic) bond motifs is 2. The Morgan fingerprint density at radius 1 is 1.10 bits per heavy atom. The molecular weight excluding hydrogens is 518 g/mol. The number of nitrogens with two attached hydrogens (primary N) is 2. The molecule has 4 heterocycles. The van der Waals surface area contributed by atoms with Crippen LogP contribution < -0.4 is 11.6 Å². The van der Waals surface area contributed by atoms with E-state index in [-0.39, 0.29) is 31.1 Å². The molecule has 2 aromatic heterocycles. The quantitative estimate of drug-likeness (QED) is 0.204. The number of halogens is 1. The minimum absolute atomic E-state index is 0.0618. The Balaban J connectivity index is 1.24. The fraction of sp³-hybridized carbons (Fsp3) is 0.250. The molecule has 4 N–H and O–H groups in total. The first-order valence-corrected chi connectivity index (χ1v) is 13.2. The number of nitrogens with zero attached hydrogens (tertiary/aromatic N) is 5. The van der Waals surface area contributed by atoms with E-state index in [0.717, 1.165) is 47.9 Å². The van der Waals surface area contributed by atoms with E-state index in [1.165, 1.54) is 9.91 Å². The molecule has 2 aliphatic heterocycles. The van der Waals surface area contributed by atoms with Crippen LogP contribution in [0.1, 0.15) is 46.2 Å². The van der Waals surface area contributed by atoms with Crippen molar-refractivity contribution in [1.82, 2.24) is 24.3 Å². The number of hydrazine groups is 1. The summed E-state index contributed by atoms with van der Waals surface area (Å²) in [7, 11) is 0. The van der Waals surface area contributed by atoms with Crippen LogP contribution in [0.25, 0.3) is 27.9 Å². The topological polar surface area (TPSA) is 125 Å². The number of amides is 2. The van der Waals surface area contributed by atoms with Crippen molar-refractivity contribution in [3.63, 3.8) is 0 Å². The van der Waals surface area contributed by atoms with Crippen LogP contribution in [0, 0.1) is 0 Å². The van der Waals surface area contributed by atoms with Crippen molar-refractivity contribution in [2.45, 2.75) is 25.5 Å². The number of benzene rings is 2. The van der Waals surface area contributed by atoms with E-state index in [4.69, 9.17) is 27.9 Å². The third kappa shape index (κ3) is 4.67. The molecular formula is C28H28ClN7O3. The summed E-state index contributed by atoms with van der Waals surface area (Å²) >= 11 is 6.34. The summed E-state index contributed by atoms with van der Waals surface area (Å²) in [5.74, 6) is 5.93. The minimum atomic E-state index is -0.323. The molecule has 0 bridgehead atoms. The first kappa shape index (κ1) is 25.2. The molecule has 2 aliphatic rings. The molecule has 1 atom stereocenters. The van der Waals surface area contributed by atoms with Crippen LogP contribution in [-0.2, 0) is 4.74 Å². The molecule has 11 heteroatoms. The maximum absolute atomic E-state index is 12.7. The molecule has 0 saturated carbocycles. The third-order valence-electron chi connectivity index (χ3n) is 7.17. The number of imide groups is 1. The summed E-state index contributed by atoms with van der Waals surface area (Å²) in [6.45, 7) is 1.06. The van der Waals surface area contributed by atoms with Crippen LogP contribution in [0.3, 0.4) is 0 Å². The van der Waals surface area contributed by atoms with E-state index in [0.29, 0.717) is 22.0 Å². The average Bonchev–Trinajstić information content (AvgIpc) is 3.64. The monoisotopic (exact) mass is 545 g/mol. The maximum atomic E-state index is 12.7. The van der Waals surface area contributed by atoms with Crippen LogP contribution in [0.15, 0.2) is 67.3 Å². The molecule has 10 nitrogen and oxygen atoms in total. The van der Waals surface area contributed by atoms with Gasteiger partial charge in [0.15, 0.2) is 0 Å². The number of hydrogen-bond acceptors (Lipinski definition) is 7. The molecule has 0 radical (unpaired) electrons. The second-order valence-corrected chi connectivity index (χ2v) is 10.1. The number of carbonyl (C=O) groups is 2. The molecule has 2 amide bonds. The number of ether oxygens (including phenoxy) is 1. The largest absolute Gasteiger partial charge is 0.384 e. The van der Waals surface area contributed by atoms with Crippen molar-refractivity contribution in [2.24, 2.45) is 11.6 Å². The van der Waals surface area contributed by atoms with E-state index in [2.05, 4.69) is 5.10 Å². The van der Waals surface area contributed by atoms with Gasteiger partial charge in [0.1, 0.15) is 12.0 Å². The second kappa shape index (κ2) is 10.2. The number of aromatic nitrogens is 3. The summed E-state index contributed by atoms with van der Waals surface area (Å²) < 4.78 is 9.56. The van der Waals surface area contributed by atoms with Crippen LogP contribution in [0.4, 0.5) is 0 Å². The molecule has 6 rings (SSSR count). The van der Waals surface area contributed by atoms with Crippen molar-refractivity contribution >= 4 is 40.1 Å². The Labute approximate surface area is 229 Å². The van der Waals surface area contributed by atoms with Crippen molar-refractivity contribution in [3.8, 4) is 11.1 Å². The zero-order chi connectivity index (χ0) is 27.1. The summed E-state index contributed by atoms with van der Waals surface area (Å²) in [4.78, 5) is 26.5. The highest BCUT2D eigenvalue weighted by atomic mass is 35.5. The Morgan fingerprint density at radius 3 is 2.59 bits per heavy atom. The van der Waals surface area contributed by atoms with E-state index in [1.54, 1.807) is 30.5 Å².